The fourth-order valence-electron chi connectivity index (χ4n) is 3.42. The van der Waals surface area contributed by atoms with E-state index in [-0.39, 0.29) is 0 Å². The third-order valence-corrected chi connectivity index (χ3v) is 4.11. The Balaban J connectivity index is 2.00. The van der Waals surface area contributed by atoms with Crippen molar-refractivity contribution in [2.24, 2.45) is 5.92 Å². The molecule has 0 N–H and O–H groups in total. The van der Waals surface area contributed by atoms with E-state index < -0.39 is 0 Å². The summed E-state index contributed by atoms with van der Waals surface area (Å²) in [5, 5.41) is 0. The van der Waals surface area contributed by atoms with E-state index in [4.69, 9.17) is 0 Å². The number of nitrogens with zero attached hydrogens (tertiary/aromatic N) is 1. The molecule has 2 unspecified atom stereocenters. The van der Waals surface area contributed by atoms with Crippen LogP contribution in [0, 0.1) is 5.92 Å². The van der Waals surface area contributed by atoms with E-state index in [1.807, 2.05) is 0 Å². The molecule has 0 radical (unpaired) electrons. The summed E-state index contributed by atoms with van der Waals surface area (Å²) in [6.07, 6.45) is 5.53. The van der Waals surface area contributed by atoms with Gasteiger partial charge in [-0.25, -0.2) is 0 Å². The van der Waals surface area contributed by atoms with Gasteiger partial charge in [0, 0.05) is 6.04 Å². The van der Waals surface area contributed by atoms with Crippen LogP contribution in [0.25, 0.3) is 0 Å². The van der Waals surface area contributed by atoms with Crippen LogP contribution in [-0.4, -0.2) is 18.5 Å². The first kappa shape index (κ1) is 9.41. The van der Waals surface area contributed by atoms with Crippen LogP contribution < -0.4 is 0 Å². The Hall–Kier alpha value is -0.820. The zero-order valence-corrected chi connectivity index (χ0v) is 9.45. The lowest BCUT2D eigenvalue weighted by Gasteiger charge is -2.27. The van der Waals surface area contributed by atoms with Crippen LogP contribution >= 0.6 is 0 Å². The smallest absolute Gasteiger partial charge is 0.0379 e. The summed E-state index contributed by atoms with van der Waals surface area (Å²) < 4.78 is 0. The molecule has 1 nitrogen and oxygen atoms in total. The van der Waals surface area contributed by atoms with Gasteiger partial charge in [-0.2, -0.15) is 0 Å². The molecular weight excluding hydrogens is 182 g/mol. The normalized spacial score (nSPS) is 30.7. The van der Waals surface area contributed by atoms with E-state index in [9.17, 15) is 0 Å². The van der Waals surface area contributed by atoms with Gasteiger partial charge < -0.3 is 0 Å². The summed E-state index contributed by atoms with van der Waals surface area (Å²) in [7, 11) is 2.30. The summed E-state index contributed by atoms with van der Waals surface area (Å²) in [6.45, 7) is 1.27. The predicted octanol–water partition coefficient (Wildman–Crippen LogP) is 3.02. The average Bonchev–Trinajstić information content (AvgIpc) is 2.53. The number of likely N-dealkylation sites (tertiary alicyclic amines) is 1. The Labute approximate surface area is 92.1 Å². The fourth-order valence-corrected chi connectivity index (χ4v) is 3.42. The Morgan fingerprint density at radius 3 is 3.00 bits per heavy atom. The second-order valence-electron chi connectivity index (χ2n) is 5.08. The summed E-state index contributed by atoms with van der Waals surface area (Å²) in [6, 6.07) is 9.74. The van der Waals surface area contributed by atoms with Crippen molar-refractivity contribution >= 4 is 0 Å². The van der Waals surface area contributed by atoms with Crippen molar-refractivity contribution in [2.45, 2.75) is 31.7 Å². The van der Waals surface area contributed by atoms with Gasteiger partial charge in [-0.1, -0.05) is 30.7 Å². The highest BCUT2D eigenvalue weighted by Gasteiger charge is 2.35. The lowest BCUT2D eigenvalue weighted by molar-refractivity contribution is 0.208. The van der Waals surface area contributed by atoms with Gasteiger partial charge in [-0.05, 0) is 49.9 Å². The van der Waals surface area contributed by atoms with Gasteiger partial charge in [0.2, 0.25) is 0 Å². The second-order valence-corrected chi connectivity index (χ2v) is 5.08. The molecule has 15 heavy (non-hydrogen) atoms. The Bertz CT molecular complexity index is 358. The zero-order chi connectivity index (χ0) is 10.3. The zero-order valence-electron chi connectivity index (χ0n) is 9.45. The minimum Gasteiger partial charge on any atom is -0.299 e. The van der Waals surface area contributed by atoms with Crippen molar-refractivity contribution in [2.75, 3.05) is 13.6 Å². The molecule has 1 fully saturated rings. The first-order chi connectivity index (χ1) is 7.36. The maximum Gasteiger partial charge on any atom is 0.0379 e. The molecule has 0 amide bonds. The molecule has 1 aromatic rings. The molecule has 0 spiro atoms. The quantitative estimate of drug-likeness (QED) is 0.623. The molecule has 1 saturated heterocycles. The van der Waals surface area contributed by atoms with Crippen LogP contribution in [0.4, 0.5) is 0 Å². The lowest BCUT2D eigenvalue weighted by Crippen LogP contribution is -2.26. The van der Waals surface area contributed by atoms with Crippen molar-refractivity contribution in [3.8, 4) is 0 Å². The Morgan fingerprint density at radius 1 is 1.20 bits per heavy atom. The first-order valence-corrected chi connectivity index (χ1v) is 6.14. The molecule has 1 heteroatoms. The van der Waals surface area contributed by atoms with Crippen LogP contribution in [-0.2, 0) is 6.42 Å². The van der Waals surface area contributed by atoms with Crippen LogP contribution in [0.2, 0.25) is 0 Å². The van der Waals surface area contributed by atoms with Gasteiger partial charge in [0.05, 0.1) is 0 Å². The number of fused-ring (bicyclic) bond motifs is 3. The van der Waals surface area contributed by atoms with Gasteiger partial charge in [0.25, 0.3) is 0 Å². The Kier molecular flexibility index (Phi) is 2.28. The van der Waals surface area contributed by atoms with Crippen molar-refractivity contribution in [1.82, 2.24) is 4.90 Å². The summed E-state index contributed by atoms with van der Waals surface area (Å²) in [4.78, 5) is 2.57. The SMILES string of the molecule is CN1CCCCC2Cc3ccccc3C21. The van der Waals surface area contributed by atoms with Crippen molar-refractivity contribution in [3.63, 3.8) is 0 Å². The third-order valence-electron chi connectivity index (χ3n) is 4.11. The third kappa shape index (κ3) is 1.50. The van der Waals surface area contributed by atoms with E-state index in [0.717, 1.165) is 5.92 Å². The fraction of sp³-hybridized carbons (Fsp3) is 0.571. The first-order valence-electron chi connectivity index (χ1n) is 6.14. The highest BCUT2D eigenvalue weighted by Crippen LogP contribution is 2.43. The number of hydrogen-bond acceptors (Lipinski definition) is 1. The molecule has 2 atom stereocenters. The van der Waals surface area contributed by atoms with Gasteiger partial charge in [0.1, 0.15) is 0 Å². The van der Waals surface area contributed by atoms with Gasteiger partial charge in [0.15, 0.2) is 0 Å². The van der Waals surface area contributed by atoms with Crippen LogP contribution in [0.5, 0.6) is 0 Å². The maximum atomic E-state index is 2.57. The van der Waals surface area contributed by atoms with Gasteiger partial charge in [-0.3, -0.25) is 4.90 Å². The Morgan fingerprint density at radius 2 is 2.07 bits per heavy atom. The van der Waals surface area contributed by atoms with Crippen molar-refractivity contribution < 1.29 is 0 Å². The molecule has 2 aliphatic rings. The van der Waals surface area contributed by atoms with Crippen molar-refractivity contribution in [1.29, 1.82) is 0 Å². The molecule has 0 saturated carbocycles. The van der Waals surface area contributed by atoms with E-state index in [2.05, 4.69) is 36.2 Å². The molecule has 0 bridgehead atoms. The number of rotatable bonds is 0. The van der Waals surface area contributed by atoms with Crippen molar-refractivity contribution in [3.05, 3.63) is 35.4 Å². The molecule has 80 valence electrons. The molecular formula is C14H19N. The van der Waals surface area contributed by atoms with Crippen LogP contribution in [0.1, 0.15) is 36.4 Å². The predicted molar refractivity (Wildman–Crippen MR) is 62.9 cm³/mol. The number of hydrogen-bond donors (Lipinski definition) is 0. The maximum absolute atomic E-state index is 2.57. The standard InChI is InChI=1S/C14H19N/c1-15-9-5-4-7-12-10-11-6-2-3-8-13(11)14(12)15/h2-3,6,8,12,14H,4-5,7,9-10H2,1H3. The molecule has 1 aromatic carbocycles. The molecule has 0 aromatic heterocycles. The highest BCUT2D eigenvalue weighted by molar-refractivity contribution is 5.35. The van der Waals surface area contributed by atoms with E-state index in [1.165, 1.54) is 32.2 Å². The van der Waals surface area contributed by atoms with Crippen LogP contribution in [0.15, 0.2) is 24.3 Å². The minimum atomic E-state index is 0.712. The largest absolute Gasteiger partial charge is 0.299 e. The van der Waals surface area contributed by atoms with E-state index in [0.29, 0.717) is 6.04 Å². The monoisotopic (exact) mass is 201 g/mol. The highest BCUT2D eigenvalue weighted by atomic mass is 15.1. The second kappa shape index (κ2) is 3.64. The molecule has 1 aliphatic carbocycles. The van der Waals surface area contributed by atoms with Crippen LogP contribution in [0.3, 0.4) is 0 Å². The lowest BCUT2D eigenvalue weighted by atomic mass is 9.96. The van der Waals surface area contributed by atoms with E-state index >= 15 is 0 Å². The van der Waals surface area contributed by atoms with Gasteiger partial charge in [-0.15, -0.1) is 0 Å². The minimum absolute atomic E-state index is 0.712. The molecule has 1 heterocycles. The topological polar surface area (TPSA) is 3.24 Å². The summed E-state index contributed by atoms with van der Waals surface area (Å²) in [5.74, 6) is 0.884. The number of benzene rings is 1. The van der Waals surface area contributed by atoms with Gasteiger partial charge >= 0.3 is 0 Å². The summed E-state index contributed by atoms with van der Waals surface area (Å²) in [5.41, 5.74) is 3.20. The molecule has 1 aliphatic heterocycles. The average molecular weight is 201 g/mol. The summed E-state index contributed by atoms with van der Waals surface area (Å²) >= 11 is 0. The van der Waals surface area contributed by atoms with E-state index in [1.54, 1.807) is 11.1 Å². The molecule has 3 rings (SSSR count).